The molecule has 27 heavy (non-hydrogen) atoms. The molecule has 1 fully saturated rings. The maximum atomic E-state index is 12.6. The fourth-order valence-electron chi connectivity index (χ4n) is 2.69. The van der Waals surface area contributed by atoms with Gasteiger partial charge in [0.25, 0.3) is 5.91 Å². The smallest absolute Gasteiger partial charge is 0.414 e. The Morgan fingerprint density at radius 2 is 1.81 bits per heavy atom. The van der Waals surface area contributed by atoms with Crippen molar-refractivity contribution in [3.8, 4) is 0 Å². The maximum absolute atomic E-state index is 12.6. The molecule has 1 saturated heterocycles. The molecule has 1 heterocycles. The third-order valence-corrected chi connectivity index (χ3v) is 4.65. The topological polar surface area (TPSA) is 84.9 Å². The van der Waals surface area contributed by atoms with E-state index in [2.05, 4.69) is 21.2 Å². The highest BCUT2D eigenvalue weighted by Crippen LogP contribution is 2.21. The normalized spacial score (nSPS) is 14.4. The third-order valence-electron chi connectivity index (χ3n) is 4.12. The van der Waals surface area contributed by atoms with E-state index in [-0.39, 0.29) is 0 Å². The second kappa shape index (κ2) is 8.22. The zero-order chi connectivity index (χ0) is 19.4. The van der Waals surface area contributed by atoms with Crippen molar-refractivity contribution in [2.45, 2.75) is 6.04 Å². The van der Waals surface area contributed by atoms with Gasteiger partial charge in [0.1, 0.15) is 6.61 Å². The van der Waals surface area contributed by atoms with Gasteiger partial charge < -0.3 is 14.8 Å². The molecule has 1 aliphatic rings. The molecule has 2 amide bonds. The maximum Gasteiger partial charge on any atom is 0.414 e. The van der Waals surface area contributed by atoms with Crippen LogP contribution in [0.2, 0.25) is 0 Å². The molecule has 8 heteroatoms. The van der Waals surface area contributed by atoms with Crippen molar-refractivity contribution in [2.24, 2.45) is 0 Å². The Balaban J connectivity index is 1.76. The lowest BCUT2D eigenvalue weighted by Gasteiger charge is -2.18. The summed E-state index contributed by atoms with van der Waals surface area (Å²) in [6.45, 7) is 0.813. The predicted octanol–water partition coefficient (Wildman–Crippen LogP) is 3.05. The van der Waals surface area contributed by atoms with Gasteiger partial charge in [0.2, 0.25) is 0 Å². The van der Waals surface area contributed by atoms with Crippen LogP contribution in [0.1, 0.15) is 22.0 Å². The van der Waals surface area contributed by atoms with Crippen LogP contribution in [-0.4, -0.2) is 38.2 Å². The first-order chi connectivity index (χ1) is 13.0. The first kappa shape index (κ1) is 18.9. The highest BCUT2D eigenvalue weighted by molar-refractivity contribution is 9.10. The van der Waals surface area contributed by atoms with E-state index in [1.807, 2.05) is 0 Å². The van der Waals surface area contributed by atoms with E-state index in [1.54, 1.807) is 48.5 Å². The van der Waals surface area contributed by atoms with E-state index in [0.717, 1.165) is 4.47 Å². The van der Waals surface area contributed by atoms with E-state index in [4.69, 9.17) is 9.47 Å². The van der Waals surface area contributed by atoms with Crippen molar-refractivity contribution < 1.29 is 23.9 Å². The number of methoxy groups -OCH3 is 1. The van der Waals surface area contributed by atoms with Gasteiger partial charge in [0, 0.05) is 15.7 Å². The summed E-state index contributed by atoms with van der Waals surface area (Å²) in [5.74, 6) is -0.994. The van der Waals surface area contributed by atoms with Crippen molar-refractivity contribution in [1.82, 2.24) is 5.32 Å². The molecule has 1 atom stereocenters. The van der Waals surface area contributed by atoms with E-state index in [1.165, 1.54) is 12.0 Å². The molecule has 1 unspecified atom stereocenters. The van der Waals surface area contributed by atoms with Crippen LogP contribution in [-0.2, 0) is 14.3 Å². The molecule has 0 bridgehead atoms. The lowest BCUT2D eigenvalue weighted by Crippen LogP contribution is -2.34. The zero-order valence-electron chi connectivity index (χ0n) is 14.5. The van der Waals surface area contributed by atoms with Gasteiger partial charge in [-0.1, -0.05) is 28.1 Å². The predicted molar refractivity (Wildman–Crippen MR) is 102 cm³/mol. The average Bonchev–Trinajstić information content (AvgIpc) is 3.12. The van der Waals surface area contributed by atoms with Crippen molar-refractivity contribution >= 4 is 39.6 Å². The van der Waals surface area contributed by atoms with Crippen LogP contribution < -0.4 is 10.2 Å². The standard InChI is InChI=1S/C19H17BrN2O5/c1-26-18(24)16(12-2-6-14(20)7-3-12)21-17(23)13-4-8-15(9-5-13)22-10-11-27-19(22)25/h2-9,16H,10-11H2,1H3,(H,21,23). The van der Waals surface area contributed by atoms with Gasteiger partial charge >= 0.3 is 12.1 Å². The number of cyclic esters (lactones) is 1. The zero-order valence-corrected chi connectivity index (χ0v) is 16.1. The number of anilines is 1. The summed E-state index contributed by atoms with van der Waals surface area (Å²) in [5.41, 5.74) is 1.61. The van der Waals surface area contributed by atoms with Crippen LogP contribution in [0.25, 0.3) is 0 Å². The number of hydrogen-bond donors (Lipinski definition) is 1. The largest absolute Gasteiger partial charge is 0.467 e. The molecule has 2 aromatic carbocycles. The summed E-state index contributed by atoms with van der Waals surface area (Å²) < 4.78 is 10.6. The van der Waals surface area contributed by atoms with E-state index >= 15 is 0 Å². The van der Waals surface area contributed by atoms with E-state index in [0.29, 0.717) is 30.0 Å². The van der Waals surface area contributed by atoms with Crippen LogP contribution in [0.4, 0.5) is 10.5 Å². The molecule has 7 nitrogen and oxygen atoms in total. The molecule has 3 rings (SSSR count). The SMILES string of the molecule is COC(=O)C(NC(=O)c1ccc(N2CCOC2=O)cc1)c1ccc(Br)cc1. The molecule has 1 aliphatic heterocycles. The van der Waals surface area contributed by atoms with Gasteiger partial charge in [-0.3, -0.25) is 9.69 Å². The number of benzene rings is 2. The van der Waals surface area contributed by atoms with Gasteiger partial charge in [-0.05, 0) is 42.0 Å². The molecular weight excluding hydrogens is 416 g/mol. The van der Waals surface area contributed by atoms with Crippen LogP contribution in [0.3, 0.4) is 0 Å². The fraction of sp³-hybridized carbons (Fsp3) is 0.211. The quantitative estimate of drug-likeness (QED) is 0.733. The molecular formula is C19H17BrN2O5. The summed E-state index contributed by atoms with van der Waals surface area (Å²) in [6, 6.07) is 12.6. The number of halogens is 1. The summed E-state index contributed by atoms with van der Waals surface area (Å²) in [6.07, 6.45) is -0.409. The summed E-state index contributed by atoms with van der Waals surface area (Å²) >= 11 is 3.33. The number of nitrogens with zero attached hydrogens (tertiary/aromatic N) is 1. The van der Waals surface area contributed by atoms with E-state index < -0.39 is 24.0 Å². The molecule has 0 saturated carbocycles. The number of rotatable bonds is 5. The Morgan fingerprint density at radius 1 is 1.15 bits per heavy atom. The number of hydrogen-bond acceptors (Lipinski definition) is 5. The van der Waals surface area contributed by atoms with Crippen LogP contribution >= 0.6 is 15.9 Å². The fourth-order valence-corrected chi connectivity index (χ4v) is 2.95. The average molecular weight is 433 g/mol. The number of carbonyl (C=O) groups excluding carboxylic acids is 3. The van der Waals surface area contributed by atoms with E-state index in [9.17, 15) is 14.4 Å². The number of ether oxygens (including phenoxy) is 2. The highest BCUT2D eigenvalue weighted by atomic mass is 79.9. The number of esters is 1. The lowest BCUT2D eigenvalue weighted by molar-refractivity contribution is -0.143. The molecule has 140 valence electrons. The Morgan fingerprint density at radius 3 is 2.37 bits per heavy atom. The second-order valence-corrected chi connectivity index (χ2v) is 6.71. The van der Waals surface area contributed by atoms with Gasteiger partial charge in [0.05, 0.1) is 13.7 Å². The summed E-state index contributed by atoms with van der Waals surface area (Å²) in [7, 11) is 1.27. The molecule has 0 spiro atoms. The van der Waals surface area contributed by atoms with Crippen molar-refractivity contribution in [3.63, 3.8) is 0 Å². The van der Waals surface area contributed by atoms with Gasteiger partial charge in [0.15, 0.2) is 6.04 Å². The number of nitrogens with one attached hydrogen (secondary N) is 1. The highest BCUT2D eigenvalue weighted by Gasteiger charge is 2.26. The minimum atomic E-state index is -0.927. The Hall–Kier alpha value is -2.87. The second-order valence-electron chi connectivity index (χ2n) is 5.79. The molecule has 0 aromatic heterocycles. The van der Waals surface area contributed by atoms with Gasteiger partial charge in [-0.25, -0.2) is 9.59 Å². The Labute approximate surface area is 164 Å². The van der Waals surface area contributed by atoms with Crippen molar-refractivity contribution in [2.75, 3.05) is 25.2 Å². The molecule has 2 aromatic rings. The first-order valence-electron chi connectivity index (χ1n) is 8.18. The van der Waals surface area contributed by atoms with Crippen molar-refractivity contribution in [1.29, 1.82) is 0 Å². The monoisotopic (exact) mass is 432 g/mol. The number of carbonyl (C=O) groups is 3. The molecule has 1 N–H and O–H groups in total. The summed E-state index contributed by atoms with van der Waals surface area (Å²) in [5, 5.41) is 2.68. The summed E-state index contributed by atoms with van der Waals surface area (Å²) in [4.78, 5) is 37.8. The number of amides is 2. The molecule has 0 radical (unpaired) electrons. The third kappa shape index (κ3) is 4.28. The minimum absolute atomic E-state index is 0.342. The van der Waals surface area contributed by atoms with Gasteiger partial charge in [-0.15, -0.1) is 0 Å². The lowest BCUT2D eigenvalue weighted by atomic mass is 10.1. The Kier molecular flexibility index (Phi) is 5.75. The first-order valence-corrected chi connectivity index (χ1v) is 8.97. The Bertz CT molecular complexity index is 851. The molecule has 0 aliphatic carbocycles. The van der Waals surface area contributed by atoms with Crippen LogP contribution in [0.5, 0.6) is 0 Å². The van der Waals surface area contributed by atoms with Crippen LogP contribution in [0.15, 0.2) is 53.0 Å². The minimum Gasteiger partial charge on any atom is -0.467 e. The van der Waals surface area contributed by atoms with Crippen LogP contribution in [0, 0.1) is 0 Å². The van der Waals surface area contributed by atoms with Crippen molar-refractivity contribution in [3.05, 3.63) is 64.1 Å². The van der Waals surface area contributed by atoms with Gasteiger partial charge in [-0.2, -0.15) is 0 Å².